The standard InChI is InChI=1S/C25H21NO4/c1-29-18-8-5-15-11-12-26-22-10-9-19(30-2)14-21(22)23(24(26)20(15)13-18)25(28)16-3-6-17(27)7-4-16/h3-10,13-14,27H,11-12H2,1-2H3. The van der Waals surface area contributed by atoms with Gasteiger partial charge in [-0.05, 0) is 66.6 Å². The Balaban J connectivity index is 1.84. The Morgan fingerprint density at radius 2 is 1.63 bits per heavy atom. The summed E-state index contributed by atoms with van der Waals surface area (Å²) in [6, 6.07) is 18.3. The van der Waals surface area contributed by atoms with Crippen molar-refractivity contribution in [2.24, 2.45) is 0 Å². The lowest BCUT2D eigenvalue weighted by Gasteiger charge is -2.22. The van der Waals surface area contributed by atoms with Crippen molar-refractivity contribution in [3.05, 3.63) is 77.4 Å². The number of carbonyl (C=O) groups is 1. The number of benzene rings is 3. The fraction of sp³-hybridized carbons (Fsp3) is 0.160. The van der Waals surface area contributed by atoms with Crippen molar-refractivity contribution in [3.8, 4) is 28.5 Å². The third kappa shape index (κ3) is 2.74. The van der Waals surface area contributed by atoms with Gasteiger partial charge < -0.3 is 19.1 Å². The van der Waals surface area contributed by atoms with Gasteiger partial charge in [-0.3, -0.25) is 4.79 Å². The monoisotopic (exact) mass is 399 g/mol. The van der Waals surface area contributed by atoms with Crippen LogP contribution in [0.2, 0.25) is 0 Å². The van der Waals surface area contributed by atoms with E-state index in [0.717, 1.165) is 40.9 Å². The van der Waals surface area contributed by atoms with Crippen molar-refractivity contribution < 1.29 is 19.4 Å². The van der Waals surface area contributed by atoms with Gasteiger partial charge in [0.2, 0.25) is 0 Å². The molecule has 2 heterocycles. The number of ether oxygens (including phenoxy) is 2. The minimum atomic E-state index is -0.0855. The highest BCUT2D eigenvalue weighted by Gasteiger charge is 2.29. The lowest BCUT2D eigenvalue weighted by atomic mass is 9.92. The molecule has 3 aromatic carbocycles. The quantitative estimate of drug-likeness (QED) is 0.500. The van der Waals surface area contributed by atoms with E-state index >= 15 is 0 Å². The van der Waals surface area contributed by atoms with Gasteiger partial charge in [0.25, 0.3) is 0 Å². The zero-order chi connectivity index (χ0) is 20.8. The molecule has 1 N–H and O–H groups in total. The molecule has 0 amide bonds. The Morgan fingerprint density at radius 1 is 0.933 bits per heavy atom. The maximum absolute atomic E-state index is 13.7. The first-order valence-electron chi connectivity index (χ1n) is 9.82. The summed E-state index contributed by atoms with van der Waals surface area (Å²) in [5.41, 5.74) is 5.28. The molecule has 0 unspecified atom stereocenters. The van der Waals surface area contributed by atoms with E-state index in [1.165, 1.54) is 17.7 Å². The Labute approximate surface area is 174 Å². The van der Waals surface area contributed by atoms with Crippen LogP contribution in [0.3, 0.4) is 0 Å². The van der Waals surface area contributed by atoms with Crippen LogP contribution in [-0.4, -0.2) is 29.7 Å². The number of methoxy groups -OCH3 is 2. The van der Waals surface area contributed by atoms with E-state index < -0.39 is 0 Å². The molecule has 0 atom stereocenters. The fourth-order valence-electron chi connectivity index (χ4n) is 4.31. The Bertz CT molecular complexity index is 1280. The molecule has 0 saturated carbocycles. The number of ketones is 1. The van der Waals surface area contributed by atoms with Crippen LogP contribution in [0.15, 0.2) is 60.7 Å². The molecule has 5 heteroatoms. The van der Waals surface area contributed by atoms with Crippen molar-refractivity contribution in [2.45, 2.75) is 13.0 Å². The van der Waals surface area contributed by atoms with Gasteiger partial charge in [-0.15, -0.1) is 0 Å². The molecule has 1 aromatic heterocycles. The first-order chi connectivity index (χ1) is 14.6. The smallest absolute Gasteiger partial charge is 0.195 e. The van der Waals surface area contributed by atoms with Crippen LogP contribution in [0, 0.1) is 0 Å². The van der Waals surface area contributed by atoms with Crippen molar-refractivity contribution in [2.75, 3.05) is 14.2 Å². The van der Waals surface area contributed by atoms with E-state index in [9.17, 15) is 9.90 Å². The number of aromatic hydroxyl groups is 1. The van der Waals surface area contributed by atoms with Crippen LogP contribution in [-0.2, 0) is 13.0 Å². The largest absolute Gasteiger partial charge is 0.508 e. The highest BCUT2D eigenvalue weighted by molar-refractivity contribution is 6.21. The van der Waals surface area contributed by atoms with Crippen LogP contribution in [0.25, 0.3) is 22.2 Å². The molecular weight excluding hydrogens is 378 g/mol. The second-order valence-electron chi connectivity index (χ2n) is 7.41. The van der Waals surface area contributed by atoms with Crippen LogP contribution in [0.5, 0.6) is 17.2 Å². The minimum Gasteiger partial charge on any atom is -0.508 e. The number of fused-ring (bicyclic) bond motifs is 5. The average molecular weight is 399 g/mol. The molecule has 0 bridgehead atoms. The van der Waals surface area contributed by atoms with Gasteiger partial charge in [0.15, 0.2) is 5.78 Å². The molecule has 0 spiro atoms. The highest BCUT2D eigenvalue weighted by Crippen LogP contribution is 2.42. The average Bonchev–Trinajstić information content (AvgIpc) is 3.12. The molecular formula is C25H21NO4. The topological polar surface area (TPSA) is 60.7 Å². The summed E-state index contributed by atoms with van der Waals surface area (Å²) in [6.45, 7) is 0.792. The normalized spacial score (nSPS) is 12.3. The number of aromatic nitrogens is 1. The van der Waals surface area contributed by atoms with Gasteiger partial charge in [0, 0.05) is 28.6 Å². The van der Waals surface area contributed by atoms with Crippen LogP contribution in [0.1, 0.15) is 21.5 Å². The maximum atomic E-state index is 13.7. The van der Waals surface area contributed by atoms with Gasteiger partial charge in [-0.25, -0.2) is 0 Å². The van der Waals surface area contributed by atoms with Crippen molar-refractivity contribution >= 4 is 16.7 Å². The molecule has 1 aliphatic heterocycles. The van der Waals surface area contributed by atoms with Gasteiger partial charge in [0.05, 0.1) is 25.5 Å². The second-order valence-corrected chi connectivity index (χ2v) is 7.41. The number of hydrogen-bond acceptors (Lipinski definition) is 4. The van der Waals surface area contributed by atoms with Crippen molar-refractivity contribution in [1.82, 2.24) is 4.57 Å². The predicted molar refractivity (Wildman–Crippen MR) is 116 cm³/mol. The van der Waals surface area contributed by atoms with Gasteiger partial charge in [-0.1, -0.05) is 6.07 Å². The van der Waals surface area contributed by atoms with Crippen molar-refractivity contribution in [3.63, 3.8) is 0 Å². The molecule has 0 aliphatic carbocycles. The molecule has 0 fully saturated rings. The minimum absolute atomic E-state index is 0.0855. The number of phenols is 1. The van der Waals surface area contributed by atoms with Crippen LogP contribution < -0.4 is 9.47 Å². The molecule has 0 saturated heterocycles. The van der Waals surface area contributed by atoms with E-state index in [2.05, 4.69) is 10.6 Å². The van der Waals surface area contributed by atoms with E-state index in [1.807, 2.05) is 30.3 Å². The first-order valence-corrected chi connectivity index (χ1v) is 9.82. The summed E-state index contributed by atoms with van der Waals surface area (Å²) >= 11 is 0. The van der Waals surface area contributed by atoms with Crippen molar-refractivity contribution in [1.29, 1.82) is 0 Å². The summed E-state index contributed by atoms with van der Waals surface area (Å²) in [4.78, 5) is 13.7. The zero-order valence-electron chi connectivity index (χ0n) is 16.8. The number of carbonyl (C=O) groups excluding carboxylic acids is 1. The number of aryl methyl sites for hydroxylation is 2. The molecule has 0 radical (unpaired) electrons. The lowest BCUT2D eigenvalue weighted by molar-refractivity contribution is 0.104. The Morgan fingerprint density at radius 3 is 2.37 bits per heavy atom. The Kier molecular flexibility index (Phi) is 4.24. The van der Waals surface area contributed by atoms with Crippen LogP contribution >= 0.6 is 0 Å². The molecule has 30 heavy (non-hydrogen) atoms. The number of hydrogen-bond donors (Lipinski definition) is 1. The Hall–Kier alpha value is -3.73. The predicted octanol–water partition coefficient (Wildman–Crippen LogP) is 4.82. The summed E-state index contributed by atoms with van der Waals surface area (Å²) in [5.74, 6) is 1.51. The van der Waals surface area contributed by atoms with Gasteiger partial charge in [0.1, 0.15) is 17.2 Å². The van der Waals surface area contributed by atoms with Gasteiger partial charge in [-0.2, -0.15) is 0 Å². The summed E-state index contributed by atoms with van der Waals surface area (Å²) in [6.07, 6.45) is 0.884. The summed E-state index contributed by atoms with van der Waals surface area (Å²) < 4.78 is 13.1. The maximum Gasteiger partial charge on any atom is 0.195 e. The zero-order valence-corrected chi connectivity index (χ0v) is 16.8. The van der Waals surface area contributed by atoms with Crippen LogP contribution in [0.4, 0.5) is 0 Å². The molecule has 5 rings (SSSR count). The summed E-state index contributed by atoms with van der Waals surface area (Å²) in [5, 5.41) is 10.5. The lowest BCUT2D eigenvalue weighted by Crippen LogP contribution is -2.13. The third-order valence-corrected chi connectivity index (χ3v) is 5.80. The fourth-order valence-corrected chi connectivity index (χ4v) is 4.31. The van der Waals surface area contributed by atoms with E-state index in [-0.39, 0.29) is 11.5 Å². The summed E-state index contributed by atoms with van der Waals surface area (Å²) in [7, 11) is 3.27. The van der Waals surface area contributed by atoms with E-state index in [4.69, 9.17) is 9.47 Å². The molecule has 1 aliphatic rings. The highest BCUT2D eigenvalue weighted by atomic mass is 16.5. The van der Waals surface area contributed by atoms with Gasteiger partial charge >= 0.3 is 0 Å². The van der Waals surface area contributed by atoms with E-state index in [1.54, 1.807) is 26.4 Å². The SMILES string of the molecule is COc1ccc2c(c1)-c1c(C(=O)c3ccc(O)cc3)c3cc(OC)ccc3n1CC2. The molecule has 150 valence electrons. The third-order valence-electron chi connectivity index (χ3n) is 5.80. The van der Waals surface area contributed by atoms with E-state index in [0.29, 0.717) is 16.9 Å². The molecule has 5 nitrogen and oxygen atoms in total. The first kappa shape index (κ1) is 18.3. The number of nitrogens with zero attached hydrogens (tertiary/aromatic N) is 1. The molecule has 4 aromatic rings. The second kappa shape index (κ2) is 6.95. The number of phenolic OH excluding ortho intramolecular Hbond substituents is 1. The number of rotatable bonds is 4.